The van der Waals surface area contributed by atoms with Crippen LogP contribution in [0.4, 0.5) is 0 Å². The molecule has 0 aliphatic rings. The van der Waals surface area contributed by atoms with Crippen LogP contribution in [-0.4, -0.2) is 6.34 Å². The SMILES string of the molecule is CC(C)=CN=INC=N. The summed E-state index contributed by atoms with van der Waals surface area (Å²) in [6.07, 6.45) is 3.00. The van der Waals surface area contributed by atoms with Gasteiger partial charge in [0.15, 0.2) is 0 Å². The first-order valence-corrected chi connectivity index (χ1v) is 4.53. The average Bonchev–Trinajstić information content (AvgIpc) is 1.80. The van der Waals surface area contributed by atoms with E-state index in [0.29, 0.717) is 0 Å². The summed E-state index contributed by atoms with van der Waals surface area (Å²) in [5.41, 5.74) is 1.20. The third kappa shape index (κ3) is 7.74. The molecule has 0 aromatic carbocycles. The normalized spacial score (nSPS) is 10.0. The van der Waals surface area contributed by atoms with Crippen molar-refractivity contribution >= 4 is 27.6 Å². The highest BCUT2D eigenvalue weighted by Crippen LogP contribution is 1.96. The first-order valence-electron chi connectivity index (χ1n) is 2.48. The molecule has 52 valence electrons. The molecule has 0 atom stereocenters. The molecule has 0 aliphatic heterocycles. The van der Waals surface area contributed by atoms with Gasteiger partial charge in [-0.3, -0.25) is 5.41 Å². The highest BCUT2D eigenvalue weighted by molar-refractivity contribution is 14.1. The van der Waals surface area contributed by atoms with Gasteiger partial charge in [-0.1, -0.05) is 5.57 Å². The van der Waals surface area contributed by atoms with Crippen LogP contribution in [0.1, 0.15) is 13.8 Å². The van der Waals surface area contributed by atoms with Crippen LogP contribution in [0.25, 0.3) is 0 Å². The number of nitrogens with one attached hydrogen (secondary N) is 2. The van der Waals surface area contributed by atoms with Gasteiger partial charge in [0.25, 0.3) is 0 Å². The Morgan fingerprint density at radius 1 is 1.67 bits per heavy atom. The summed E-state index contributed by atoms with van der Waals surface area (Å²) in [4.78, 5) is 0. The van der Waals surface area contributed by atoms with Crippen molar-refractivity contribution in [2.75, 3.05) is 0 Å². The van der Waals surface area contributed by atoms with E-state index in [0.717, 1.165) is 0 Å². The summed E-state index contributed by atoms with van der Waals surface area (Å²) in [7, 11) is 0. The minimum Gasteiger partial charge on any atom is -0.310 e. The van der Waals surface area contributed by atoms with Gasteiger partial charge in [-0.05, 0) is 13.8 Å². The molecule has 0 radical (unpaired) electrons. The highest BCUT2D eigenvalue weighted by atomic mass is 127. The van der Waals surface area contributed by atoms with Gasteiger partial charge in [-0.15, -0.1) is 0 Å². The van der Waals surface area contributed by atoms with Crippen molar-refractivity contribution in [1.29, 1.82) is 5.41 Å². The molecule has 0 saturated carbocycles. The number of rotatable bonds is 3. The fraction of sp³-hybridized carbons (Fsp3) is 0.400. The van der Waals surface area contributed by atoms with Gasteiger partial charge in [-0.25, -0.2) is 3.15 Å². The predicted molar refractivity (Wildman–Crippen MR) is 47.8 cm³/mol. The maximum absolute atomic E-state index is 6.60. The average molecular weight is 239 g/mol. The highest BCUT2D eigenvalue weighted by Gasteiger charge is 1.69. The lowest BCUT2D eigenvalue weighted by Crippen LogP contribution is -1.87. The molecule has 0 bridgehead atoms. The molecule has 0 aromatic rings. The third-order valence-corrected chi connectivity index (χ3v) is 1.61. The van der Waals surface area contributed by atoms with E-state index in [1.807, 2.05) is 20.0 Å². The quantitative estimate of drug-likeness (QED) is 0.337. The van der Waals surface area contributed by atoms with E-state index in [4.69, 9.17) is 5.41 Å². The second-order valence-corrected chi connectivity index (χ2v) is 3.30. The predicted octanol–water partition coefficient (Wildman–Crippen LogP) is 2.18. The first kappa shape index (κ1) is 8.74. The number of hydrogen-bond acceptors (Lipinski definition) is 2. The molecule has 0 unspecified atom stereocenters. The molecular formula is C5H10IN3. The van der Waals surface area contributed by atoms with Crippen LogP contribution in [-0.2, 0) is 0 Å². The zero-order valence-electron chi connectivity index (χ0n) is 5.48. The Morgan fingerprint density at radius 2 is 2.33 bits per heavy atom. The largest absolute Gasteiger partial charge is 0.310 e. The van der Waals surface area contributed by atoms with Crippen molar-refractivity contribution < 1.29 is 0 Å². The maximum atomic E-state index is 6.60. The second-order valence-electron chi connectivity index (χ2n) is 1.64. The summed E-state index contributed by atoms with van der Waals surface area (Å²) in [5.74, 6) is 0. The third-order valence-electron chi connectivity index (χ3n) is 0.459. The van der Waals surface area contributed by atoms with E-state index in [1.54, 1.807) is 0 Å². The lowest BCUT2D eigenvalue weighted by molar-refractivity contribution is 1.35. The van der Waals surface area contributed by atoms with Gasteiger partial charge in [0.1, 0.15) is 21.3 Å². The van der Waals surface area contributed by atoms with E-state index in [-0.39, 0.29) is 21.3 Å². The Hall–Kier alpha value is -0.260. The molecule has 3 nitrogen and oxygen atoms in total. The molecule has 2 N–H and O–H groups in total. The standard InChI is InChI=1S/C5H10IN3/c1-5(2)3-8-6-9-4-7/h3-4H,1-2H3,(H2,7,8,9). The fourth-order valence-corrected chi connectivity index (χ4v) is 1.17. The van der Waals surface area contributed by atoms with E-state index in [1.165, 1.54) is 11.9 Å². The minimum atomic E-state index is -0.353. The van der Waals surface area contributed by atoms with Gasteiger partial charge in [-0.2, -0.15) is 0 Å². The molecule has 0 saturated heterocycles. The van der Waals surface area contributed by atoms with E-state index < -0.39 is 0 Å². The van der Waals surface area contributed by atoms with Gasteiger partial charge >= 0.3 is 0 Å². The summed E-state index contributed by atoms with van der Waals surface area (Å²) in [5, 5.41) is 6.60. The topological polar surface area (TPSA) is 48.2 Å². The summed E-state index contributed by atoms with van der Waals surface area (Å²) < 4.78 is 6.79. The lowest BCUT2D eigenvalue weighted by Gasteiger charge is -1.81. The molecule has 0 aliphatic carbocycles. The van der Waals surface area contributed by atoms with Crippen molar-refractivity contribution in [3.05, 3.63) is 11.8 Å². The molecular weight excluding hydrogens is 229 g/mol. The number of allylic oxidation sites excluding steroid dienone is 1. The molecule has 0 spiro atoms. The van der Waals surface area contributed by atoms with Gasteiger partial charge in [0.2, 0.25) is 0 Å². The Labute approximate surface area is 65.6 Å². The van der Waals surface area contributed by atoms with Crippen LogP contribution < -0.4 is 3.53 Å². The van der Waals surface area contributed by atoms with Crippen molar-refractivity contribution in [3.63, 3.8) is 0 Å². The van der Waals surface area contributed by atoms with Gasteiger partial charge in [0.05, 0.1) is 6.34 Å². The van der Waals surface area contributed by atoms with Crippen LogP contribution >= 0.6 is 21.3 Å². The van der Waals surface area contributed by atoms with Crippen LogP contribution in [0.3, 0.4) is 0 Å². The van der Waals surface area contributed by atoms with Crippen molar-refractivity contribution in [2.24, 2.45) is 3.15 Å². The van der Waals surface area contributed by atoms with Crippen LogP contribution in [0.15, 0.2) is 14.9 Å². The monoisotopic (exact) mass is 239 g/mol. The summed E-state index contributed by atoms with van der Waals surface area (Å²) in [6, 6.07) is 0. The fourth-order valence-electron chi connectivity index (χ4n) is 0.175. The molecule has 0 heterocycles. The van der Waals surface area contributed by atoms with Crippen LogP contribution in [0.2, 0.25) is 0 Å². The Balaban J connectivity index is 3.47. The number of halogens is 1. The number of nitrogens with zero attached hydrogens (tertiary/aromatic N) is 1. The van der Waals surface area contributed by atoms with Gasteiger partial charge in [0, 0.05) is 6.20 Å². The maximum Gasteiger partial charge on any atom is 0.118 e. The molecule has 0 fully saturated rings. The zero-order chi connectivity index (χ0) is 7.11. The van der Waals surface area contributed by atoms with E-state index in [9.17, 15) is 0 Å². The van der Waals surface area contributed by atoms with Crippen LogP contribution in [0, 0.1) is 5.41 Å². The van der Waals surface area contributed by atoms with Crippen molar-refractivity contribution in [1.82, 2.24) is 3.53 Å². The Kier molecular flexibility index (Phi) is 5.70. The molecule has 4 heteroatoms. The Bertz CT molecular complexity index is 135. The van der Waals surface area contributed by atoms with E-state index >= 15 is 0 Å². The number of hydrogen-bond donors (Lipinski definition) is 2. The Morgan fingerprint density at radius 3 is 2.78 bits per heavy atom. The summed E-state index contributed by atoms with van der Waals surface area (Å²) in [6.45, 7) is 4.00. The smallest absolute Gasteiger partial charge is 0.118 e. The van der Waals surface area contributed by atoms with E-state index in [2.05, 4.69) is 6.68 Å². The summed E-state index contributed by atoms with van der Waals surface area (Å²) >= 11 is -0.353. The second kappa shape index (κ2) is 5.87. The lowest BCUT2D eigenvalue weighted by atomic mass is 10.4. The molecule has 9 heavy (non-hydrogen) atoms. The van der Waals surface area contributed by atoms with Gasteiger partial charge < -0.3 is 3.53 Å². The first-order chi connectivity index (χ1) is 4.27. The van der Waals surface area contributed by atoms with Crippen molar-refractivity contribution in [3.8, 4) is 0 Å². The zero-order valence-corrected chi connectivity index (χ0v) is 7.64. The molecule has 0 aromatic heterocycles. The molecule has 0 amide bonds. The van der Waals surface area contributed by atoms with Crippen molar-refractivity contribution in [2.45, 2.75) is 13.8 Å². The van der Waals surface area contributed by atoms with Crippen LogP contribution in [0.5, 0.6) is 0 Å². The molecule has 0 rings (SSSR count). The minimum absolute atomic E-state index is 0.353.